The van der Waals surface area contributed by atoms with Crippen LogP contribution in [0.15, 0.2) is 42.5 Å². The zero-order valence-corrected chi connectivity index (χ0v) is 15.6. The van der Waals surface area contributed by atoms with Crippen LogP contribution in [0.2, 0.25) is 0 Å². The average molecular weight is 385 g/mol. The lowest BCUT2D eigenvalue weighted by Crippen LogP contribution is -2.21. The highest BCUT2D eigenvalue weighted by atomic mass is 19.1. The minimum absolute atomic E-state index is 0.110. The number of aromatic nitrogens is 4. The molecule has 0 aliphatic rings. The molecule has 3 aromatic rings. The molecule has 1 aromatic heterocycles. The maximum atomic E-state index is 13.8. The molecule has 0 spiro atoms. The summed E-state index contributed by atoms with van der Waals surface area (Å²) in [6.45, 7) is 4.49. The molecular formula is C19H20FN5O3. The quantitative estimate of drug-likeness (QED) is 0.641. The second-order valence-electron chi connectivity index (χ2n) is 5.70. The Morgan fingerprint density at radius 3 is 2.68 bits per heavy atom. The standard InChI is InChI=1S/C19H20FN5O3/c1-3-27-13-9-10-17(28-4-2)16(11-13)21-18(26)12-25-23-19(22-24-25)14-7-5-6-8-15(14)20/h5-11H,3-4,12H2,1-2H3,(H,21,26). The van der Waals surface area contributed by atoms with Crippen LogP contribution in [0.1, 0.15) is 13.8 Å². The van der Waals surface area contributed by atoms with Crippen molar-refractivity contribution in [2.45, 2.75) is 20.4 Å². The Bertz CT molecular complexity index is 960. The van der Waals surface area contributed by atoms with Crippen molar-refractivity contribution in [2.75, 3.05) is 18.5 Å². The van der Waals surface area contributed by atoms with E-state index in [-0.39, 0.29) is 23.8 Å². The third-order valence-corrected chi connectivity index (χ3v) is 3.69. The number of ether oxygens (including phenoxy) is 2. The van der Waals surface area contributed by atoms with Crippen molar-refractivity contribution in [1.82, 2.24) is 20.2 Å². The van der Waals surface area contributed by atoms with E-state index in [1.54, 1.807) is 36.4 Å². The first-order chi connectivity index (χ1) is 13.6. The lowest BCUT2D eigenvalue weighted by atomic mass is 10.2. The summed E-state index contributed by atoms with van der Waals surface area (Å²) in [5.41, 5.74) is 0.699. The van der Waals surface area contributed by atoms with Gasteiger partial charge in [-0.05, 0) is 43.3 Å². The van der Waals surface area contributed by atoms with Crippen LogP contribution in [0.4, 0.5) is 10.1 Å². The normalized spacial score (nSPS) is 10.5. The summed E-state index contributed by atoms with van der Waals surface area (Å²) in [5, 5.41) is 14.4. The zero-order chi connectivity index (χ0) is 19.9. The molecule has 0 unspecified atom stereocenters. The first-order valence-electron chi connectivity index (χ1n) is 8.83. The molecular weight excluding hydrogens is 365 g/mol. The van der Waals surface area contributed by atoms with E-state index in [2.05, 4.69) is 20.7 Å². The van der Waals surface area contributed by atoms with Crippen molar-refractivity contribution in [3.05, 3.63) is 48.3 Å². The fourth-order valence-electron chi connectivity index (χ4n) is 2.52. The topological polar surface area (TPSA) is 91.2 Å². The maximum absolute atomic E-state index is 13.8. The molecule has 0 radical (unpaired) electrons. The molecule has 9 heteroatoms. The van der Waals surface area contributed by atoms with Crippen molar-refractivity contribution < 1.29 is 18.7 Å². The predicted octanol–water partition coefficient (Wildman–Crippen LogP) is 2.92. The van der Waals surface area contributed by atoms with Gasteiger partial charge in [0.05, 0.1) is 24.5 Å². The van der Waals surface area contributed by atoms with Gasteiger partial charge in [-0.15, -0.1) is 10.2 Å². The van der Waals surface area contributed by atoms with Crippen LogP contribution in [0, 0.1) is 5.82 Å². The Morgan fingerprint density at radius 2 is 1.93 bits per heavy atom. The SMILES string of the molecule is CCOc1ccc(OCC)c(NC(=O)Cn2nnc(-c3ccccc3F)n2)c1. The zero-order valence-electron chi connectivity index (χ0n) is 15.6. The summed E-state index contributed by atoms with van der Waals surface area (Å²) in [6, 6.07) is 11.3. The molecule has 1 N–H and O–H groups in total. The third-order valence-electron chi connectivity index (χ3n) is 3.69. The van der Waals surface area contributed by atoms with E-state index in [0.29, 0.717) is 30.4 Å². The Hall–Kier alpha value is -3.49. The predicted molar refractivity (Wildman–Crippen MR) is 101 cm³/mol. The van der Waals surface area contributed by atoms with Crippen molar-refractivity contribution in [3.8, 4) is 22.9 Å². The van der Waals surface area contributed by atoms with E-state index in [1.165, 1.54) is 6.07 Å². The molecule has 1 amide bonds. The van der Waals surface area contributed by atoms with Crippen LogP contribution in [0.3, 0.4) is 0 Å². The van der Waals surface area contributed by atoms with Crippen LogP contribution in [-0.2, 0) is 11.3 Å². The fraction of sp³-hybridized carbons (Fsp3) is 0.263. The van der Waals surface area contributed by atoms with E-state index in [1.807, 2.05) is 13.8 Å². The largest absolute Gasteiger partial charge is 0.494 e. The van der Waals surface area contributed by atoms with Gasteiger partial charge in [-0.1, -0.05) is 12.1 Å². The van der Waals surface area contributed by atoms with Gasteiger partial charge in [-0.25, -0.2) is 4.39 Å². The lowest BCUT2D eigenvalue weighted by Gasteiger charge is -2.13. The number of halogens is 1. The summed E-state index contributed by atoms with van der Waals surface area (Å²) in [6.07, 6.45) is 0. The fourth-order valence-corrected chi connectivity index (χ4v) is 2.52. The highest BCUT2D eigenvalue weighted by Crippen LogP contribution is 2.29. The number of nitrogens with zero attached hydrogens (tertiary/aromatic N) is 4. The number of hydrogen-bond donors (Lipinski definition) is 1. The van der Waals surface area contributed by atoms with Gasteiger partial charge >= 0.3 is 0 Å². The molecule has 0 saturated carbocycles. The molecule has 1 heterocycles. The molecule has 0 aliphatic heterocycles. The maximum Gasteiger partial charge on any atom is 0.248 e. The molecule has 28 heavy (non-hydrogen) atoms. The molecule has 0 saturated heterocycles. The highest BCUT2D eigenvalue weighted by Gasteiger charge is 2.14. The van der Waals surface area contributed by atoms with E-state index in [4.69, 9.17) is 9.47 Å². The smallest absolute Gasteiger partial charge is 0.248 e. The summed E-state index contributed by atoms with van der Waals surface area (Å²) >= 11 is 0. The Balaban J connectivity index is 1.72. The van der Waals surface area contributed by atoms with Gasteiger partial charge in [0, 0.05) is 6.07 Å². The number of amides is 1. The molecule has 3 rings (SSSR count). The second-order valence-corrected chi connectivity index (χ2v) is 5.70. The number of rotatable bonds is 8. The molecule has 0 atom stereocenters. The molecule has 2 aromatic carbocycles. The Morgan fingerprint density at radius 1 is 1.14 bits per heavy atom. The van der Waals surface area contributed by atoms with E-state index >= 15 is 0 Å². The van der Waals surface area contributed by atoms with Crippen LogP contribution in [0.5, 0.6) is 11.5 Å². The lowest BCUT2D eigenvalue weighted by molar-refractivity contribution is -0.117. The van der Waals surface area contributed by atoms with Crippen molar-refractivity contribution in [1.29, 1.82) is 0 Å². The monoisotopic (exact) mass is 385 g/mol. The minimum Gasteiger partial charge on any atom is -0.494 e. The Kier molecular flexibility index (Phi) is 6.15. The number of nitrogens with one attached hydrogen (secondary N) is 1. The number of hydrogen-bond acceptors (Lipinski definition) is 6. The van der Waals surface area contributed by atoms with Gasteiger partial charge in [0.25, 0.3) is 0 Å². The van der Waals surface area contributed by atoms with Gasteiger partial charge in [0.1, 0.15) is 23.9 Å². The van der Waals surface area contributed by atoms with Gasteiger partial charge in [0.15, 0.2) is 0 Å². The Labute approximate surface area is 161 Å². The summed E-state index contributed by atoms with van der Waals surface area (Å²) < 4.78 is 24.8. The molecule has 0 fully saturated rings. The van der Waals surface area contributed by atoms with Crippen LogP contribution >= 0.6 is 0 Å². The first kappa shape index (κ1) is 19.3. The minimum atomic E-state index is -0.458. The van der Waals surface area contributed by atoms with Gasteiger partial charge < -0.3 is 14.8 Å². The highest BCUT2D eigenvalue weighted by molar-refractivity contribution is 5.92. The van der Waals surface area contributed by atoms with E-state index < -0.39 is 5.82 Å². The average Bonchev–Trinajstić information content (AvgIpc) is 3.12. The van der Waals surface area contributed by atoms with Crippen molar-refractivity contribution >= 4 is 11.6 Å². The molecule has 146 valence electrons. The van der Waals surface area contributed by atoms with Gasteiger partial charge in [-0.3, -0.25) is 4.79 Å². The molecule has 0 bridgehead atoms. The molecule has 8 nitrogen and oxygen atoms in total. The number of carbonyl (C=O) groups excluding carboxylic acids is 1. The van der Waals surface area contributed by atoms with Crippen molar-refractivity contribution in [2.24, 2.45) is 0 Å². The number of carbonyl (C=O) groups is 1. The summed E-state index contributed by atoms with van der Waals surface area (Å²) in [4.78, 5) is 13.5. The summed E-state index contributed by atoms with van der Waals surface area (Å²) in [7, 11) is 0. The summed E-state index contributed by atoms with van der Waals surface area (Å²) in [5.74, 6) is 0.409. The first-order valence-corrected chi connectivity index (χ1v) is 8.83. The van der Waals surface area contributed by atoms with E-state index in [0.717, 1.165) is 4.80 Å². The number of anilines is 1. The number of benzene rings is 2. The van der Waals surface area contributed by atoms with Crippen molar-refractivity contribution in [3.63, 3.8) is 0 Å². The second kappa shape index (κ2) is 8.94. The van der Waals surface area contributed by atoms with Gasteiger partial charge in [-0.2, -0.15) is 4.80 Å². The number of tetrazole rings is 1. The van der Waals surface area contributed by atoms with Crippen LogP contribution in [0.25, 0.3) is 11.4 Å². The van der Waals surface area contributed by atoms with Crippen LogP contribution in [-0.4, -0.2) is 39.3 Å². The van der Waals surface area contributed by atoms with E-state index in [9.17, 15) is 9.18 Å². The van der Waals surface area contributed by atoms with Crippen LogP contribution < -0.4 is 14.8 Å². The molecule has 0 aliphatic carbocycles. The van der Waals surface area contributed by atoms with Gasteiger partial charge in [0.2, 0.25) is 11.7 Å². The third kappa shape index (κ3) is 4.61.